The van der Waals surface area contributed by atoms with Crippen molar-refractivity contribution >= 4 is 15.8 Å². The van der Waals surface area contributed by atoms with Gasteiger partial charge in [-0.3, -0.25) is 4.79 Å². The molecule has 0 aromatic rings. The van der Waals surface area contributed by atoms with E-state index >= 15 is 0 Å². The molecule has 0 aliphatic heterocycles. The average Bonchev–Trinajstić information content (AvgIpc) is 2.76. The molecule has 0 radical (unpaired) electrons. The van der Waals surface area contributed by atoms with E-state index in [1.807, 2.05) is 0 Å². The Labute approximate surface area is 141 Å². The number of nitrogens with zero attached hydrogens (tertiary/aromatic N) is 1. The molecule has 3 aliphatic rings. The van der Waals surface area contributed by atoms with Crippen molar-refractivity contribution in [3.8, 4) is 0 Å². The van der Waals surface area contributed by atoms with E-state index in [9.17, 15) is 13.2 Å². The zero-order valence-electron chi connectivity index (χ0n) is 14.8. The van der Waals surface area contributed by atoms with E-state index < -0.39 is 15.4 Å². The van der Waals surface area contributed by atoms with Gasteiger partial charge in [0.15, 0.2) is 0 Å². The largest absolute Gasteiger partial charge is 0.299 e. The molecule has 0 spiro atoms. The van der Waals surface area contributed by atoms with Crippen LogP contribution in [0.15, 0.2) is 0 Å². The lowest BCUT2D eigenvalue weighted by molar-refractivity contribution is -0.128. The van der Waals surface area contributed by atoms with Crippen molar-refractivity contribution in [3.63, 3.8) is 0 Å². The predicted molar refractivity (Wildman–Crippen MR) is 91.6 cm³/mol. The van der Waals surface area contributed by atoms with Gasteiger partial charge >= 0.3 is 0 Å². The zero-order valence-corrected chi connectivity index (χ0v) is 15.6. The Morgan fingerprint density at radius 1 is 1.09 bits per heavy atom. The van der Waals surface area contributed by atoms with Crippen molar-refractivity contribution in [2.75, 3.05) is 12.8 Å². The Hall–Kier alpha value is -0.420. The van der Waals surface area contributed by atoms with E-state index in [0.29, 0.717) is 12.3 Å². The highest BCUT2D eigenvalue weighted by Gasteiger charge is 2.65. The molecule has 2 bridgehead atoms. The van der Waals surface area contributed by atoms with Crippen LogP contribution in [-0.2, 0) is 14.8 Å². The van der Waals surface area contributed by atoms with Crippen LogP contribution in [0.2, 0.25) is 0 Å². The van der Waals surface area contributed by atoms with Crippen LogP contribution >= 0.6 is 0 Å². The van der Waals surface area contributed by atoms with Crippen LogP contribution in [0.25, 0.3) is 0 Å². The standard InChI is InChI=1S/C18H31NO3S/c1-17(2)14-10-11-18(17,16(20)12-14)13-23(21,22)19(3)15-8-6-4-5-7-9-15/h14-15H,4-13H2,1-3H3. The van der Waals surface area contributed by atoms with E-state index in [-0.39, 0.29) is 23.0 Å². The summed E-state index contributed by atoms with van der Waals surface area (Å²) < 4.78 is 27.8. The second-order valence-electron chi connectivity index (χ2n) is 8.58. The highest BCUT2D eigenvalue weighted by Crippen LogP contribution is 2.64. The Balaban J connectivity index is 1.81. The minimum absolute atomic E-state index is 0.0231. The first kappa shape index (κ1) is 17.4. The van der Waals surface area contributed by atoms with Crippen LogP contribution in [0.5, 0.6) is 0 Å². The molecule has 0 saturated heterocycles. The molecule has 23 heavy (non-hydrogen) atoms. The van der Waals surface area contributed by atoms with Gasteiger partial charge in [-0.15, -0.1) is 0 Å². The van der Waals surface area contributed by atoms with E-state index in [1.165, 1.54) is 12.8 Å². The van der Waals surface area contributed by atoms with Gasteiger partial charge in [-0.1, -0.05) is 39.5 Å². The number of fused-ring (bicyclic) bond motifs is 2. The number of hydrogen-bond donors (Lipinski definition) is 0. The SMILES string of the molecule is CN(C1CCCCCC1)S(=O)(=O)CC12CCC(CC1=O)C2(C)C. The number of sulfonamides is 1. The van der Waals surface area contributed by atoms with E-state index in [2.05, 4.69) is 13.8 Å². The topological polar surface area (TPSA) is 54.5 Å². The Bertz CT molecular complexity index is 575. The molecule has 3 rings (SSSR count). The summed E-state index contributed by atoms with van der Waals surface area (Å²) in [6.45, 7) is 4.22. The normalized spacial score (nSPS) is 35.0. The van der Waals surface area contributed by atoms with Crippen molar-refractivity contribution in [1.82, 2.24) is 4.31 Å². The molecule has 2 unspecified atom stereocenters. The summed E-state index contributed by atoms with van der Waals surface area (Å²) in [6, 6.07) is 0.121. The molecular formula is C18H31NO3S. The highest BCUT2D eigenvalue weighted by atomic mass is 32.2. The summed E-state index contributed by atoms with van der Waals surface area (Å²) in [7, 11) is -1.66. The summed E-state index contributed by atoms with van der Waals surface area (Å²) in [4.78, 5) is 12.6. The molecule has 0 aromatic heterocycles. The first-order valence-corrected chi connectivity index (χ1v) is 10.8. The monoisotopic (exact) mass is 341 g/mol. The molecule has 0 aromatic carbocycles. The molecular weight excluding hydrogens is 310 g/mol. The van der Waals surface area contributed by atoms with Crippen LogP contribution in [0.4, 0.5) is 0 Å². The molecule has 3 aliphatic carbocycles. The average molecular weight is 342 g/mol. The number of rotatable bonds is 4. The number of ketones is 1. The van der Waals surface area contributed by atoms with E-state index in [0.717, 1.165) is 38.5 Å². The molecule has 0 heterocycles. The van der Waals surface area contributed by atoms with Crippen LogP contribution in [-0.4, -0.2) is 37.3 Å². The van der Waals surface area contributed by atoms with Gasteiger partial charge in [0.25, 0.3) is 0 Å². The number of carbonyl (C=O) groups is 1. The molecule has 0 N–H and O–H groups in total. The third kappa shape index (κ3) is 2.68. The molecule has 0 amide bonds. The molecule has 3 fully saturated rings. The van der Waals surface area contributed by atoms with Crippen molar-refractivity contribution < 1.29 is 13.2 Å². The predicted octanol–water partition coefficient (Wildman–Crippen LogP) is 3.37. The van der Waals surface area contributed by atoms with Gasteiger partial charge in [0.05, 0.1) is 5.75 Å². The van der Waals surface area contributed by atoms with Gasteiger partial charge < -0.3 is 0 Å². The maximum absolute atomic E-state index is 13.1. The van der Waals surface area contributed by atoms with Crippen LogP contribution in [0.1, 0.15) is 71.6 Å². The number of Topliss-reactive ketones (excluding diaryl/α,β-unsaturated/α-hetero) is 1. The second kappa shape index (κ2) is 5.83. The lowest BCUT2D eigenvalue weighted by atomic mass is 9.70. The van der Waals surface area contributed by atoms with Gasteiger partial charge in [-0.2, -0.15) is 0 Å². The van der Waals surface area contributed by atoms with Crippen molar-refractivity contribution in [3.05, 3.63) is 0 Å². The second-order valence-corrected chi connectivity index (χ2v) is 10.6. The Kier molecular flexibility index (Phi) is 4.41. The van der Waals surface area contributed by atoms with Gasteiger partial charge in [-0.25, -0.2) is 12.7 Å². The van der Waals surface area contributed by atoms with Gasteiger partial charge in [0, 0.05) is 24.9 Å². The minimum atomic E-state index is -3.39. The van der Waals surface area contributed by atoms with E-state index in [1.54, 1.807) is 11.4 Å². The van der Waals surface area contributed by atoms with Gasteiger partial charge in [-0.05, 0) is 37.0 Å². The third-order valence-electron chi connectivity index (χ3n) is 7.35. The summed E-state index contributed by atoms with van der Waals surface area (Å²) in [6.07, 6.45) is 8.90. The maximum Gasteiger partial charge on any atom is 0.215 e. The fourth-order valence-corrected chi connectivity index (χ4v) is 7.54. The van der Waals surface area contributed by atoms with Crippen molar-refractivity contribution in [1.29, 1.82) is 0 Å². The summed E-state index contributed by atoms with van der Waals surface area (Å²) in [5.41, 5.74) is -0.822. The van der Waals surface area contributed by atoms with Crippen LogP contribution in [0.3, 0.4) is 0 Å². The fraction of sp³-hybridized carbons (Fsp3) is 0.944. The lowest BCUT2D eigenvalue weighted by Gasteiger charge is -2.38. The highest BCUT2D eigenvalue weighted by molar-refractivity contribution is 7.89. The number of carbonyl (C=O) groups excluding carboxylic acids is 1. The number of hydrogen-bond acceptors (Lipinski definition) is 3. The van der Waals surface area contributed by atoms with Crippen molar-refractivity contribution in [2.24, 2.45) is 16.7 Å². The first-order chi connectivity index (χ1) is 10.7. The first-order valence-electron chi connectivity index (χ1n) is 9.20. The Morgan fingerprint density at radius 2 is 1.70 bits per heavy atom. The smallest absolute Gasteiger partial charge is 0.215 e. The molecule has 132 valence electrons. The van der Waals surface area contributed by atoms with Gasteiger partial charge in [0.1, 0.15) is 5.78 Å². The molecule has 2 atom stereocenters. The van der Waals surface area contributed by atoms with Crippen LogP contribution in [0, 0.1) is 16.7 Å². The molecule has 5 heteroatoms. The third-order valence-corrected chi connectivity index (χ3v) is 9.38. The molecule has 4 nitrogen and oxygen atoms in total. The quantitative estimate of drug-likeness (QED) is 0.737. The fourth-order valence-electron chi connectivity index (χ4n) is 5.37. The maximum atomic E-state index is 13.1. The lowest BCUT2D eigenvalue weighted by Crippen LogP contribution is -2.48. The van der Waals surface area contributed by atoms with Gasteiger partial charge in [0.2, 0.25) is 10.0 Å². The minimum Gasteiger partial charge on any atom is -0.299 e. The Morgan fingerprint density at radius 3 is 2.17 bits per heavy atom. The van der Waals surface area contributed by atoms with Crippen molar-refractivity contribution in [2.45, 2.75) is 77.7 Å². The summed E-state index contributed by atoms with van der Waals surface area (Å²) >= 11 is 0. The van der Waals surface area contributed by atoms with Crippen LogP contribution < -0.4 is 0 Å². The van der Waals surface area contributed by atoms with E-state index in [4.69, 9.17) is 0 Å². The molecule has 3 saturated carbocycles. The summed E-state index contributed by atoms with van der Waals surface area (Å²) in [5, 5.41) is 0. The summed E-state index contributed by atoms with van der Waals surface area (Å²) in [5.74, 6) is 0.583. The zero-order chi connectivity index (χ0) is 16.9.